The van der Waals surface area contributed by atoms with Crippen LogP contribution in [0.4, 0.5) is 4.39 Å². The molecule has 2 aromatic carbocycles. The maximum atomic E-state index is 13.3. The molecule has 1 nitrogen and oxygen atoms in total. The third-order valence-corrected chi connectivity index (χ3v) is 2.64. The Morgan fingerprint density at radius 3 is 2.44 bits per heavy atom. The van der Waals surface area contributed by atoms with Gasteiger partial charge in [-0.05, 0) is 17.7 Å². The van der Waals surface area contributed by atoms with E-state index in [1.165, 1.54) is 13.2 Å². The minimum Gasteiger partial charge on any atom is -0.494 e. The second kappa shape index (κ2) is 4.54. The van der Waals surface area contributed by atoms with Crippen LogP contribution >= 0.6 is 11.6 Å². The van der Waals surface area contributed by atoms with E-state index in [0.29, 0.717) is 5.02 Å². The van der Waals surface area contributed by atoms with Crippen molar-refractivity contribution < 1.29 is 9.13 Å². The SMILES string of the molecule is COc1cc(-c2ccccc2)c(Cl)cc1F. The quantitative estimate of drug-likeness (QED) is 0.761. The Hall–Kier alpha value is -1.54. The molecule has 0 spiro atoms. The fourth-order valence-electron chi connectivity index (χ4n) is 1.52. The first-order valence-corrected chi connectivity index (χ1v) is 5.18. The second-order valence-electron chi connectivity index (χ2n) is 3.33. The van der Waals surface area contributed by atoms with Gasteiger partial charge in [0, 0.05) is 5.56 Å². The van der Waals surface area contributed by atoms with Gasteiger partial charge in [0.05, 0.1) is 12.1 Å². The van der Waals surface area contributed by atoms with Crippen LogP contribution in [-0.2, 0) is 0 Å². The number of ether oxygens (including phenoxy) is 1. The van der Waals surface area contributed by atoms with Crippen LogP contribution < -0.4 is 4.74 Å². The van der Waals surface area contributed by atoms with E-state index >= 15 is 0 Å². The van der Waals surface area contributed by atoms with Gasteiger partial charge in [0.2, 0.25) is 0 Å². The lowest BCUT2D eigenvalue weighted by molar-refractivity contribution is 0.387. The molecule has 0 bridgehead atoms. The molecule has 0 heterocycles. The van der Waals surface area contributed by atoms with E-state index < -0.39 is 5.82 Å². The number of hydrogen-bond acceptors (Lipinski definition) is 1. The molecule has 0 radical (unpaired) electrons. The third kappa shape index (κ3) is 2.02. The van der Waals surface area contributed by atoms with E-state index in [1.807, 2.05) is 30.3 Å². The van der Waals surface area contributed by atoms with E-state index in [9.17, 15) is 4.39 Å². The van der Waals surface area contributed by atoms with Gasteiger partial charge in [-0.15, -0.1) is 0 Å². The van der Waals surface area contributed by atoms with Crippen LogP contribution in [0.15, 0.2) is 42.5 Å². The Morgan fingerprint density at radius 2 is 1.81 bits per heavy atom. The molecule has 0 amide bonds. The Labute approximate surface area is 98.4 Å². The summed E-state index contributed by atoms with van der Waals surface area (Å²) in [4.78, 5) is 0. The molecule has 16 heavy (non-hydrogen) atoms. The third-order valence-electron chi connectivity index (χ3n) is 2.33. The molecular formula is C13H10ClFO. The lowest BCUT2D eigenvalue weighted by Crippen LogP contribution is -1.90. The summed E-state index contributed by atoms with van der Waals surface area (Å²) in [6, 6.07) is 12.4. The van der Waals surface area contributed by atoms with Crippen molar-refractivity contribution in [3.05, 3.63) is 53.3 Å². The van der Waals surface area contributed by atoms with Crippen molar-refractivity contribution in [1.29, 1.82) is 0 Å². The topological polar surface area (TPSA) is 9.23 Å². The Bertz CT molecular complexity index is 497. The first kappa shape index (κ1) is 11.0. The molecule has 0 N–H and O–H groups in total. The molecule has 0 aromatic heterocycles. The van der Waals surface area contributed by atoms with Crippen LogP contribution in [0.5, 0.6) is 5.75 Å². The second-order valence-corrected chi connectivity index (χ2v) is 3.74. The number of halogens is 2. The lowest BCUT2D eigenvalue weighted by atomic mass is 10.1. The highest BCUT2D eigenvalue weighted by Crippen LogP contribution is 2.33. The maximum absolute atomic E-state index is 13.3. The van der Waals surface area contributed by atoms with Crippen molar-refractivity contribution >= 4 is 11.6 Å². The van der Waals surface area contributed by atoms with Gasteiger partial charge < -0.3 is 4.74 Å². The summed E-state index contributed by atoms with van der Waals surface area (Å²) in [6.45, 7) is 0. The summed E-state index contributed by atoms with van der Waals surface area (Å²) >= 11 is 6.00. The van der Waals surface area contributed by atoms with Crippen LogP contribution in [0.2, 0.25) is 5.02 Å². The normalized spacial score (nSPS) is 10.2. The van der Waals surface area contributed by atoms with Crippen LogP contribution in [0, 0.1) is 5.82 Å². The van der Waals surface area contributed by atoms with Crippen molar-refractivity contribution in [3.63, 3.8) is 0 Å². The van der Waals surface area contributed by atoms with Gasteiger partial charge in [-0.3, -0.25) is 0 Å². The van der Waals surface area contributed by atoms with Gasteiger partial charge in [0.15, 0.2) is 11.6 Å². The fourth-order valence-corrected chi connectivity index (χ4v) is 1.78. The zero-order chi connectivity index (χ0) is 11.5. The summed E-state index contributed by atoms with van der Waals surface area (Å²) in [7, 11) is 1.43. The van der Waals surface area contributed by atoms with E-state index in [2.05, 4.69) is 0 Å². The zero-order valence-corrected chi connectivity index (χ0v) is 9.46. The average molecular weight is 237 g/mol. The van der Waals surface area contributed by atoms with E-state index in [1.54, 1.807) is 6.07 Å². The van der Waals surface area contributed by atoms with Crippen molar-refractivity contribution in [1.82, 2.24) is 0 Å². The van der Waals surface area contributed by atoms with Crippen molar-refractivity contribution in [3.8, 4) is 16.9 Å². The summed E-state index contributed by atoms with van der Waals surface area (Å²) < 4.78 is 18.3. The molecule has 82 valence electrons. The highest BCUT2D eigenvalue weighted by Gasteiger charge is 2.10. The molecule has 0 saturated carbocycles. The standard InChI is InChI=1S/C13H10ClFO/c1-16-13-7-10(11(14)8-12(13)15)9-5-3-2-4-6-9/h2-8H,1H3. The van der Waals surface area contributed by atoms with E-state index in [4.69, 9.17) is 16.3 Å². The molecular weight excluding hydrogens is 227 g/mol. The summed E-state index contributed by atoms with van der Waals surface area (Å²) in [6.07, 6.45) is 0. The highest BCUT2D eigenvalue weighted by molar-refractivity contribution is 6.33. The largest absolute Gasteiger partial charge is 0.494 e. The fraction of sp³-hybridized carbons (Fsp3) is 0.0769. The lowest BCUT2D eigenvalue weighted by Gasteiger charge is -2.08. The molecule has 0 aliphatic rings. The van der Waals surface area contributed by atoms with Gasteiger partial charge in [-0.1, -0.05) is 41.9 Å². The first-order valence-electron chi connectivity index (χ1n) is 4.81. The van der Waals surface area contributed by atoms with Crippen molar-refractivity contribution in [2.24, 2.45) is 0 Å². The van der Waals surface area contributed by atoms with Crippen LogP contribution in [0.25, 0.3) is 11.1 Å². The smallest absolute Gasteiger partial charge is 0.166 e. The van der Waals surface area contributed by atoms with Crippen LogP contribution in [-0.4, -0.2) is 7.11 Å². The monoisotopic (exact) mass is 236 g/mol. The number of methoxy groups -OCH3 is 1. The van der Waals surface area contributed by atoms with Crippen molar-refractivity contribution in [2.45, 2.75) is 0 Å². The minimum atomic E-state index is -0.452. The number of hydrogen-bond donors (Lipinski definition) is 0. The van der Waals surface area contributed by atoms with Gasteiger partial charge >= 0.3 is 0 Å². The molecule has 0 fully saturated rings. The Balaban J connectivity index is 2.57. The Kier molecular flexibility index (Phi) is 3.11. The van der Waals surface area contributed by atoms with Crippen LogP contribution in [0.1, 0.15) is 0 Å². The summed E-state index contributed by atoms with van der Waals surface area (Å²) in [5.41, 5.74) is 1.70. The first-order chi connectivity index (χ1) is 7.72. The molecule has 0 aliphatic carbocycles. The molecule has 3 heteroatoms. The van der Waals surface area contributed by atoms with Gasteiger partial charge in [0.25, 0.3) is 0 Å². The molecule has 0 saturated heterocycles. The Morgan fingerprint density at radius 1 is 1.12 bits per heavy atom. The predicted octanol–water partition coefficient (Wildman–Crippen LogP) is 4.15. The molecule has 0 aliphatic heterocycles. The maximum Gasteiger partial charge on any atom is 0.166 e. The molecule has 0 unspecified atom stereocenters. The highest BCUT2D eigenvalue weighted by atomic mass is 35.5. The number of rotatable bonds is 2. The van der Waals surface area contributed by atoms with E-state index in [-0.39, 0.29) is 5.75 Å². The average Bonchev–Trinajstić information content (AvgIpc) is 2.30. The van der Waals surface area contributed by atoms with Gasteiger partial charge in [-0.25, -0.2) is 4.39 Å². The van der Waals surface area contributed by atoms with Gasteiger partial charge in [-0.2, -0.15) is 0 Å². The number of benzene rings is 2. The summed E-state index contributed by atoms with van der Waals surface area (Å²) in [5, 5.41) is 0.379. The minimum absolute atomic E-state index is 0.197. The van der Waals surface area contributed by atoms with Gasteiger partial charge in [0.1, 0.15) is 0 Å². The predicted molar refractivity (Wildman–Crippen MR) is 63.4 cm³/mol. The molecule has 2 rings (SSSR count). The molecule has 2 aromatic rings. The zero-order valence-electron chi connectivity index (χ0n) is 8.71. The molecule has 0 atom stereocenters. The van der Waals surface area contributed by atoms with E-state index in [0.717, 1.165) is 11.1 Å². The van der Waals surface area contributed by atoms with Crippen LogP contribution in [0.3, 0.4) is 0 Å². The van der Waals surface area contributed by atoms with Crippen molar-refractivity contribution in [2.75, 3.05) is 7.11 Å². The summed E-state index contributed by atoms with van der Waals surface area (Å²) in [5.74, 6) is -0.254.